The Morgan fingerprint density at radius 1 is 1.03 bits per heavy atom. The van der Waals surface area contributed by atoms with Gasteiger partial charge >= 0.3 is 0 Å². The molecule has 0 aromatic heterocycles. The number of amides is 2. The molecular formula is C21H32N4O6S. The van der Waals surface area contributed by atoms with Gasteiger partial charge in [0.25, 0.3) is 0 Å². The predicted molar refractivity (Wildman–Crippen MR) is 118 cm³/mol. The first kappa shape index (κ1) is 24.3. The van der Waals surface area contributed by atoms with E-state index in [2.05, 4.69) is 10.0 Å². The lowest BCUT2D eigenvalue weighted by molar-refractivity contribution is -0.130. The van der Waals surface area contributed by atoms with E-state index in [9.17, 15) is 18.0 Å². The summed E-state index contributed by atoms with van der Waals surface area (Å²) in [5.74, 6) is 0.810. The standard InChI is InChI=1S/C21H32N4O6S/c1-2-22-20(26)16-24-9-3-10-25(12-11-24)21(27)7-8-23-32(28,29)17-5-6-18-19(15-17)31-14-4-13-30-18/h5-6,15,23H,2-4,7-14,16H2,1H3,(H,22,26). The highest BCUT2D eigenvalue weighted by atomic mass is 32.2. The molecule has 0 saturated carbocycles. The first-order valence-electron chi connectivity index (χ1n) is 11.0. The molecule has 178 valence electrons. The minimum Gasteiger partial charge on any atom is -0.490 e. The van der Waals surface area contributed by atoms with Crippen molar-refractivity contribution in [2.24, 2.45) is 0 Å². The van der Waals surface area contributed by atoms with Crippen LogP contribution in [0, 0.1) is 0 Å². The van der Waals surface area contributed by atoms with Crippen molar-refractivity contribution in [3.05, 3.63) is 18.2 Å². The molecule has 11 heteroatoms. The smallest absolute Gasteiger partial charge is 0.240 e. The summed E-state index contributed by atoms with van der Waals surface area (Å²) in [6, 6.07) is 4.50. The molecule has 3 rings (SSSR count). The minimum absolute atomic E-state index is 0.00866. The summed E-state index contributed by atoms with van der Waals surface area (Å²) >= 11 is 0. The van der Waals surface area contributed by atoms with E-state index in [1.54, 1.807) is 11.0 Å². The van der Waals surface area contributed by atoms with Gasteiger partial charge in [0.2, 0.25) is 21.8 Å². The molecule has 10 nitrogen and oxygen atoms in total. The number of likely N-dealkylation sites (N-methyl/N-ethyl adjacent to an activating group) is 1. The van der Waals surface area contributed by atoms with E-state index in [-0.39, 0.29) is 29.7 Å². The van der Waals surface area contributed by atoms with Crippen molar-refractivity contribution in [3.63, 3.8) is 0 Å². The fourth-order valence-electron chi connectivity index (χ4n) is 3.68. The Balaban J connectivity index is 1.47. The largest absolute Gasteiger partial charge is 0.490 e. The molecular weight excluding hydrogens is 436 g/mol. The molecule has 2 aliphatic heterocycles. The number of carbonyl (C=O) groups excluding carboxylic acids is 2. The number of benzene rings is 1. The van der Waals surface area contributed by atoms with E-state index >= 15 is 0 Å². The van der Waals surface area contributed by atoms with Crippen molar-refractivity contribution in [2.45, 2.75) is 31.1 Å². The zero-order chi connectivity index (χ0) is 23.0. The van der Waals surface area contributed by atoms with E-state index in [4.69, 9.17) is 9.47 Å². The van der Waals surface area contributed by atoms with Crippen molar-refractivity contribution in [2.75, 3.05) is 59.0 Å². The normalized spacial score (nSPS) is 17.3. The van der Waals surface area contributed by atoms with Crippen LogP contribution in [-0.2, 0) is 19.6 Å². The second-order valence-electron chi connectivity index (χ2n) is 7.77. The molecule has 0 atom stereocenters. The van der Waals surface area contributed by atoms with Gasteiger partial charge in [0, 0.05) is 58.2 Å². The van der Waals surface area contributed by atoms with E-state index in [0.29, 0.717) is 57.4 Å². The number of ether oxygens (including phenoxy) is 2. The fraction of sp³-hybridized carbons (Fsp3) is 0.619. The molecule has 2 N–H and O–H groups in total. The Morgan fingerprint density at radius 2 is 1.81 bits per heavy atom. The van der Waals surface area contributed by atoms with Crippen LogP contribution >= 0.6 is 0 Å². The number of rotatable bonds is 8. The molecule has 1 saturated heterocycles. The van der Waals surface area contributed by atoms with Gasteiger partial charge in [-0.2, -0.15) is 0 Å². The first-order valence-corrected chi connectivity index (χ1v) is 12.5. The van der Waals surface area contributed by atoms with Gasteiger partial charge in [-0.3, -0.25) is 14.5 Å². The molecule has 1 fully saturated rings. The van der Waals surface area contributed by atoms with E-state index < -0.39 is 10.0 Å². The van der Waals surface area contributed by atoms with Crippen molar-refractivity contribution < 1.29 is 27.5 Å². The number of nitrogens with zero attached hydrogens (tertiary/aromatic N) is 2. The summed E-state index contributed by atoms with van der Waals surface area (Å²) in [6.45, 7) is 6.29. The number of fused-ring (bicyclic) bond motifs is 1. The fourth-order valence-corrected chi connectivity index (χ4v) is 4.73. The van der Waals surface area contributed by atoms with Crippen LogP contribution in [0.2, 0.25) is 0 Å². The Kier molecular flexibility index (Phi) is 8.71. The molecule has 0 spiro atoms. The maximum Gasteiger partial charge on any atom is 0.240 e. The van der Waals surface area contributed by atoms with Crippen LogP contribution < -0.4 is 19.5 Å². The quantitative estimate of drug-likeness (QED) is 0.559. The third kappa shape index (κ3) is 6.81. The van der Waals surface area contributed by atoms with Crippen molar-refractivity contribution in [3.8, 4) is 11.5 Å². The van der Waals surface area contributed by atoms with Crippen molar-refractivity contribution >= 4 is 21.8 Å². The highest BCUT2D eigenvalue weighted by Gasteiger charge is 2.22. The lowest BCUT2D eigenvalue weighted by atomic mass is 10.3. The number of carbonyl (C=O) groups is 2. The number of sulfonamides is 1. The van der Waals surface area contributed by atoms with Crippen LogP contribution in [0.1, 0.15) is 26.2 Å². The van der Waals surface area contributed by atoms with Gasteiger partial charge in [-0.15, -0.1) is 0 Å². The van der Waals surface area contributed by atoms with Crippen LogP contribution in [0.15, 0.2) is 23.1 Å². The van der Waals surface area contributed by atoms with Gasteiger partial charge in [-0.05, 0) is 25.5 Å². The zero-order valence-electron chi connectivity index (χ0n) is 18.5. The Hall–Kier alpha value is -2.37. The second-order valence-corrected chi connectivity index (χ2v) is 9.54. The molecule has 1 aromatic carbocycles. The molecule has 2 amide bonds. The average molecular weight is 469 g/mol. The first-order chi connectivity index (χ1) is 15.4. The van der Waals surface area contributed by atoms with Gasteiger partial charge in [-0.25, -0.2) is 13.1 Å². The summed E-state index contributed by atoms with van der Waals surface area (Å²) in [7, 11) is -3.78. The predicted octanol–water partition coefficient (Wildman–Crippen LogP) is 0.187. The lowest BCUT2D eigenvalue weighted by Crippen LogP contribution is -2.40. The number of hydrogen-bond donors (Lipinski definition) is 2. The molecule has 2 heterocycles. The number of hydrogen-bond acceptors (Lipinski definition) is 7. The molecule has 2 aliphatic rings. The highest BCUT2D eigenvalue weighted by Crippen LogP contribution is 2.31. The van der Waals surface area contributed by atoms with Crippen LogP contribution in [0.4, 0.5) is 0 Å². The molecule has 0 radical (unpaired) electrons. The molecule has 0 aliphatic carbocycles. The summed E-state index contributed by atoms with van der Waals surface area (Å²) in [6.07, 6.45) is 1.57. The third-order valence-electron chi connectivity index (χ3n) is 5.34. The zero-order valence-corrected chi connectivity index (χ0v) is 19.3. The second kappa shape index (κ2) is 11.5. The van der Waals surface area contributed by atoms with E-state index in [0.717, 1.165) is 19.4 Å². The molecule has 1 aromatic rings. The highest BCUT2D eigenvalue weighted by molar-refractivity contribution is 7.89. The van der Waals surface area contributed by atoms with E-state index in [1.165, 1.54) is 12.1 Å². The van der Waals surface area contributed by atoms with Crippen molar-refractivity contribution in [1.29, 1.82) is 0 Å². The monoisotopic (exact) mass is 468 g/mol. The number of nitrogens with one attached hydrogen (secondary N) is 2. The summed E-state index contributed by atoms with van der Waals surface area (Å²) in [5, 5.41) is 2.78. The van der Waals surface area contributed by atoms with Gasteiger partial charge < -0.3 is 19.7 Å². The molecule has 32 heavy (non-hydrogen) atoms. The van der Waals surface area contributed by atoms with Gasteiger partial charge in [0.15, 0.2) is 11.5 Å². The van der Waals surface area contributed by atoms with Gasteiger partial charge in [0.05, 0.1) is 24.7 Å². The molecule has 0 unspecified atom stereocenters. The van der Waals surface area contributed by atoms with Gasteiger partial charge in [0.1, 0.15) is 0 Å². The minimum atomic E-state index is -3.78. The van der Waals surface area contributed by atoms with Crippen LogP contribution in [0.25, 0.3) is 0 Å². The SMILES string of the molecule is CCNC(=O)CN1CCCN(C(=O)CCNS(=O)(=O)c2ccc3c(c2)OCCCO3)CC1. The van der Waals surface area contributed by atoms with Crippen molar-refractivity contribution in [1.82, 2.24) is 19.8 Å². The Bertz CT molecular complexity index is 908. The van der Waals surface area contributed by atoms with E-state index in [1.807, 2.05) is 11.8 Å². The Labute approximate surface area is 189 Å². The average Bonchev–Trinajstić information content (AvgIpc) is 3.13. The van der Waals surface area contributed by atoms with Crippen LogP contribution in [0.5, 0.6) is 11.5 Å². The maximum absolute atomic E-state index is 12.6. The summed E-state index contributed by atoms with van der Waals surface area (Å²) in [4.78, 5) is 28.2. The van der Waals surface area contributed by atoms with Crippen LogP contribution in [-0.4, -0.2) is 89.1 Å². The van der Waals surface area contributed by atoms with Gasteiger partial charge in [-0.1, -0.05) is 0 Å². The maximum atomic E-state index is 12.6. The molecule has 0 bridgehead atoms. The third-order valence-corrected chi connectivity index (χ3v) is 6.80. The Morgan fingerprint density at radius 3 is 2.59 bits per heavy atom. The summed E-state index contributed by atoms with van der Waals surface area (Å²) < 4.78 is 38.9. The summed E-state index contributed by atoms with van der Waals surface area (Å²) in [5.41, 5.74) is 0. The topological polar surface area (TPSA) is 117 Å². The lowest BCUT2D eigenvalue weighted by Gasteiger charge is -2.22. The van der Waals surface area contributed by atoms with Crippen LogP contribution in [0.3, 0.4) is 0 Å².